The van der Waals surface area contributed by atoms with Crippen LogP contribution in [0.2, 0.25) is 0 Å². The van der Waals surface area contributed by atoms with E-state index in [1.165, 1.54) is 12.1 Å². The minimum absolute atomic E-state index is 0.0260. The molecule has 0 spiro atoms. The number of rotatable bonds is 6. The molecule has 0 bridgehead atoms. The van der Waals surface area contributed by atoms with Crippen LogP contribution in [0.3, 0.4) is 0 Å². The van der Waals surface area contributed by atoms with Crippen LogP contribution in [0.15, 0.2) is 12.1 Å². The predicted molar refractivity (Wildman–Crippen MR) is 60.8 cm³/mol. The Hall–Kier alpha value is -2.11. The van der Waals surface area contributed by atoms with Crippen LogP contribution in [0.4, 0.5) is 5.69 Å². The summed E-state index contributed by atoms with van der Waals surface area (Å²) in [6.07, 6.45) is 0.427. The number of hydrogen-bond donors (Lipinski definition) is 0. The number of hydrogen-bond acceptors (Lipinski definition) is 5. The molecule has 0 fully saturated rings. The van der Waals surface area contributed by atoms with Gasteiger partial charge in [-0.3, -0.25) is 14.9 Å². The molecule has 0 aliphatic heterocycles. The van der Waals surface area contributed by atoms with Crippen molar-refractivity contribution in [2.45, 2.75) is 13.8 Å². The predicted octanol–water partition coefficient (Wildman–Crippen LogP) is 2.20. The van der Waals surface area contributed by atoms with Crippen molar-refractivity contribution in [1.82, 2.24) is 0 Å². The summed E-state index contributed by atoms with van der Waals surface area (Å²) in [5.74, 6) is 0.605. The molecule has 1 aromatic rings. The number of carbonyl (C=O) groups is 1. The van der Waals surface area contributed by atoms with Crippen LogP contribution in [0, 0.1) is 10.1 Å². The van der Waals surface area contributed by atoms with Crippen molar-refractivity contribution in [3.8, 4) is 11.5 Å². The van der Waals surface area contributed by atoms with Gasteiger partial charge in [0, 0.05) is 6.07 Å². The van der Waals surface area contributed by atoms with Crippen molar-refractivity contribution < 1.29 is 19.2 Å². The number of nitro groups is 1. The Balaban J connectivity index is 3.30. The second-order valence-electron chi connectivity index (χ2n) is 3.10. The van der Waals surface area contributed by atoms with E-state index in [0.29, 0.717) is 25.2 Å². The molecule has 0 heterocycles. The second kappa shape index (κ2) is 5.83. The molecule has 0 unspecified atom stereocenters. The fraction of sp³-hybridized carbons (Fsp3) is 0.364. The van der Waals surface area contributed by atoms with Gasteiger partial charge in [-0.15, -0.1) is 0 Å². The first-order valence-corrected chi connectivity index (χ1v) is 5.17. The Labute approximate surface area is 98.3 Å². The normalized spacial score (nSPS) is 9.76. The van der Waals surface area contributed by atoms with Gasteiger partial charge in [0.15, 0.2) is 17.8 Å². The van der Waals surface area contributed by atoms with Gasteiger partial charge in [0.25, 0.3) is 5.69 Å². The second-order valence-corrected chi connectivity index (χ2v) is 3.10. The first-order valence-electron chi connectivity index (χ1n) is 5.17. The van der Waals surface area contributed by atoms with E-state index < -0.39 is 4.92 Å². The molecule has 17 heavy (non-hydrogen) atoms. The summed E-state index contributed by atoms with van der Waals surface area (Å²) in [6, 6.07) is 2.53. The molecule has 0 amide bonds. The van der Waals surface area contributed by atoms with Gasteiger partial charge in [-0.2, -0.15) is 0 Å². The lowest BCUT2D eigenvalue weighted by Gasteiger charge is -2.11. The molecule has 0 radical (unpaired) electrons. The minimum atomic E-state index is -0.623. The third-order valence-electron chi connectivity index (χ3n) is 2.02. The molecule has 6 nitrogen and oxygen atoms in total. The first-order chi connectivity index (χ1) is 8.13. The zero-order chi connectivity index (χ0) is 12.8. The van der Waals surface area contributed by atoms with Gasteiger partial charge in [0.05, 0.1) is 29.8 Å². The van der Waals surface area contributed by atoms with Gasteiger partial charge in [0.1, 0.15) is 0 Å². The van der Waals surface area contributed by atoms with E-state index in [1.807, 2.05) is 0 Å². The van der Waals surface area contributed by atoms with E-state index in [2.05, 4.69) is 0 Å². The number of benzene rings is 1. The summed E-state index contributed by atoms with van der Waals surface area (Å²) in [7, 11) is 0. The van der Waals surface area contributed by atoms with Crippen molar-refractivity contribution >= 4 is 12.0 Å². The largest absolute Gasteiger partial charge is 0.490 e. The highest BCUT2D eigenvalue weighted by molar-refractivity contribution is 5.83. The Morgan fingerprint density at radius 1 is 1.24 bits per heavy atom. The van der Waals surface area contributed by atoms with Crippen LogP contribution in [-0.4, -0.2) is 24.4 Å². The van der Waals surface area contributed by atoms with E-state index in [-0.39, 0.29) is 17.0 Å². The number of nitro benzene ring substituents is 1. The quantitative estimate of drug-likeness (QED) is 0.432. The fourth-order valence-corrected chi connectivity index (χ4v) is 1.35. The zero-order valence-electron chi connectivity index (χ0n) is 9.63. The first kappa shape index (κ1) is 13.0. The summed E-state index contributed by atoms with van der Waals surface area (Å²) < 4.78 is 10.5. The molecular formula is C11H13NO5. The third kappa shape index (κ3) is 2.93. The molecule has 0 saturated heterocycles. The number of aldehydes is 1. The van der Waals surface area contributed by atoms with E-state index in [1.54, 1.807) is 13.8 Å². The lowest BCUT2D eigenvalue weighted by molar-refractivity contribution is -0.385. The van der Waals surface area contributed by atoms with Gasteiger partial charge in [-0.25, -0.2) is 0 Å². The highest BCUT2D eigenvalue weighted by atomic mass is 16.6. The van der Waals surface area contributed by atoms with Crippen LogP contribution >= 0.6 is 0 Å². The Morgan fingerprint density at radius 3 is 2.18 bits per heavy atom. The van der Waals surface area contributed by atoms with Crippen molar-refractivity contribution in [2.24, 2.45) is 0 Å². The van der Waals surface area contributed by atoms with Crippen molar-refractivity contribution in [1.29, 1.82) is 0 Å². The highest BCUT2D eigenvalue weighted by Gasteiger charge is 2.19. The van der Waals surface area contributed by atoms with E-state index in [9.17, 15) is 14.9 Å². The lowest BCUT2D eigenvalue weighted by Crippen LogP contribution is -2.02. The SMILES string of the molecule is CCOc1cc(C=O)c([N+](=O)[O-])cc1OCC. The lowest BCUT2D eigenvalue weighted by atomic mass is 10.1. The maximum absolute atomic E-state index is 10.8. The van der Waals surface area contributed by atoms with Crippen LogP contribution in [-0.2, 0) is 0 Å². The smallest absolute Gasteiger partial charge is 0.283 e. The fourth-order valence-electron chi connectivity index (χ4n) is 1.35. The van der Waals surface area contributed by atoms with Gasteiger partial charge < -0.3 is 9.47 Å². The van der Waals surface area contributed by atoms with Gasteiger partial charge >= 0.3 is 0 Å². The standard InChI is InChI=1S/C11H13NO5/c1-3-16-10-5-8(7-13)9(12(14)15)6-11(10)17-4-2/h5-7H,3-4H2,1-2H3. The van der Waals surface area contributed by atoms with E-state index in [0.717, 1.165) is 0 Å². The average Bonchev–Trinajstić information content (AvgIpc) is 2.31. The van der Waals surface area contributed by atoms with Gasteiger partial charge in [-0.1, -0.05) is 0 Å². The summed E-state index contributed by atoms with van der Waals surface area (Å²) in [5.41, 5.74) is -0.311. The summed E-state index contributed by atoms with van der Waals surface area (Å²) in [4.78, 5) is 20.9. The molecule has 0 aromatic heterocycles. The molecule has 0 aliphatic carbocycles. The summed E-state index contributed by atoms with van der Waals surface area (Å²) >= 11 is 0. The average molecular weight is 239 g/mol. The van der Waals surface area contributed by atoms with Crippen molar-refractivity contribution in [3.63, 3.8) is 0 Å². The van der Waals surface area contributed by atoms with Crippen LogP contribution in [0.25, 0.3) is 0 Å². The minimum Gasteiger partial charge on any atom is -0.490 e. The molecule has 92 valence electrons. The molecule has 6 heteroatoms. The summed E-state index contributed by atoms with van der Waals surface area (Å²) in [6.45, 7) is 4.28. The van der Waals surface area contributed by atoms with Crippen LogP contribution in [0.5, 0.6) is 11.5 Å². The third-order valence-corrected chi connectivity index (χ3v) is 2.02. The van der Waals surface area contributed by atoms with Gasteiger partial charge in [0.2, 0.25) is 0 Å². The van der Waals surface area contributed by atoms with E-state index in [4.69, 9.17) is 9.47 Å². The molecule has 0 saturated carbocycles. The molecule has 0 aliphatic rings. The number of ether oxygens (including phenoxy) is 2. The molecule has 1 aromatic carbocycles. The van der Waals surface area contributed by atoms with E-state index >= 15 is 0 Å². The Bertz CT molecular complexity index is 430. The number of carbonyl (C=O) groups excluding carboxylic acids is 1. The summed E-state index contributed by atoms with van der Waals surface area (Å²) in [5, 5.41) is 10.8. The van der Waals surface area contributed by atoms with Crippen LogP contribution in [0.1, 0.15) is 24.2 Å². The molecule has 0 N–H and O–H groups in total. The topological polar surface area (TPSA) is 78.7 Å². The zero-order valence-corrected chi connectivity index (χ0v) is 9.63. The monoisotopic (exact) mass is 239 g/mol. The Morgan fingerprint density at radius 2 is 1.76 bits per heavy atom. The van der Waals surface area contributed by atoms with Gasteiger partial charge in [-0.05, 0) is 13.8 Å². The highest BCUT2D eigenvalue weighted by Crippen LogP contribution is 2.34. The maximum Gasteiger partial charge on any atom is 0.283 e. The molecule has 1 rings (SSSR count). The maximum atomic E-state index is 10.8. The van der Waals surface area contributed by atoms with Crippen LogP contribution < -0.4 is 9.47 Å². The van der Waals surface area contributed by atoms with Crippen molar-refractivity contribution in [2.75, 3.05) is 13.2 Å². The number of nitrogens with zero attached hydrogens (tertiary/aromatic N) is 1. The Kier molecular flexibility index (Phi) is 4.45. The molecular weight excluding hydrogens is 226 g/mol. The van der Waals surface area contributed by atoms with Crippen molar-refractivity contribution in [3.05, 3.63) is 27.8 Å². The molecule has 0 atom stereocenters.